The molecule has 2 aromatic rings. The lowest BCUT2D eigenvalue weighted by Gasteiger charge is -2.14. The van der Waals surface area contributed by atoms with E-state index in [9.17, 15) is 8.78 Å². The van der Waals surface area contributed by atoms with E-state index in [2.05, 4.69) is 43.8 Å². The monoisotopic (exact) mass is 437 g/mol. The lowest BCUT2D eigenvalue weighted by atomic mass is 10.1. The van der Waals surface area contributed by atoms with Gasteiger partial charge in [0, 0.05) is 9.26 Å². The molecule has 2 aromatic carbocycles. The Balaban J connectivity index is 2.47. The minimum Gasteiger partial charge on any atom is -0.353 e. The van der Waals surface area contributed by atoms with Crippen molar-refractivity contribution in [1.82, 2.24) is 0 Å². The molecule has 0 spiro atoms. The molecule has 0 heterocycles. The Bertz CT molecular complexity index is 644. The Hall–Kier alpha value is -0.690. The van der Waals surface area contributed by atoms with Gasteiger partial charge in [0.05, 0.1) is 10.2 Å². The highest BCUT2D eigenvalue weighted by Gasteiger charge is 2.15. The number of halogens is 4. The van der Waals surface area contributed by atoms with Crippen molar-refractivity contribution in [3.63, 3.8) is 0 Å². The molecule has 0 unspecified atom stereocenters. The Labute approximate surface area is 132 Å². The van der Waals surface area contributed by atoms with E-state index >= 15 is 0 Å². The average Bonchev–Trinajstić information content (AvgIpc) is 2.34. The minimum absolute atomic E-state index is 0.132. The number of anilines is 2. The molecule has 2 rings (SSSR count). The van der Waals surface area contributed by atoms with E-state index in [1.54, 1.807) is 13.0 Å². The number of nitrogens with one attached hydrogen (secondary N) is 1. The van der Waals surface area contributed by atoms with Gasteiger partial charge in [-0.05, 0) is 87.8 Å². The van der Waals surface area contributed by atoms with Crippen LogP contribution in [0.25, 0.3) is 0 Å². The molecule has 0 saturated heterocycles. The summed E-state index contributed by atoms with van der Waals surface area (Å²) < 4.78 is 28.8. The molecule has 0 bridgehead atoms. The molecule has 0 atom stereocenters. The first kappa shape index (κ1) is 14.7. The summed E-state index contributed by atoms with van der Waals surface area (Å²) in [5.74, 6) is -1.75. The molecule has 0 saturated carbocycles. The summed E-state index contributed by atoms with van der Waals surface area (Å²) in [6.45, 7) is 3.66. The summed E-state index contributed by atoms with van der Waals surface area (Å²) in [4.78, 5) is 0. The summed E-state index contributed by atoms with van der Waals surface area (Å²) in [7, 11) is 0. The Morgan fingerprint density at radius 2 is 1.74 bits per heavy atom. The first-order chi connectivity index (χ1) is 8.90. The number of rotatable bonds is 2. The fraction of sp³-hybridized carbons (Fsp3) is 0.143. The maximum atomic E-state index is 14.0. The molecule has 0 radical (unpaired) electrons. The van der Waals surface area contributed by atoms with Crippen LogP contribution in [0.3, 0.4) is 0 Å². The smallest absolute Gasteiger partial charge is 0.183 e. The van der Waals surface area contributed by atoms with Crippen LogP contribution in [-0.4, -0.2) is 0 Å². The number of benzene rings is 2. The third-order valence-electron chi connectivity index (χ3n) is 2.81. The minimum atomic E-state index is -0.878. The molecule has 1 nitrogen and oxygen atoms in total. The molecule has 100 valence electrons. The fourth-order valence-electron chi connectivity index (χ4n) is 1.77. The second-order valence-corrected chi connectivity index (χ2v) is 6.36. The van der Waals surface area contributed by atoms with Crippen molar-refractivity contribution >= 4 is 49.9 Å². The first-order valence-corrected chi connectivity index (χ1v) is 7.44. The van der Waals surface area contributed by atoms with Gasteiger partial charge in [-0.15, -0.1) is 0 Å². The second-order valence-electron chi connectivity index (χ2n) is 4.26. The van der Waals surface area contributed by atoms with Crippen LogP contribution in [0.2, 0.25) is 0 Å². The standard InChI is InChI=1S/C14H11BrF2IN/c1-7-5-9(18)3-4-11(7)19-14-8(2)6-10(15)12(16)13(14)17/h3-6,19H,1-2H3. The second kappa shape index (κ2) is 5.75. The van der Waals surface area contributed by atoms with Gasteiger partial charge >= 0.3 is 0 Å². The van der Waals surface area contributed by atoms with Crippen LogP contribution < -0.4 is 5.32 Å². The van der Waals surface area contributed by atoms with Crippen molar-refractivity contribution in [2.45, 2.75) is 13.8 Å². The van der Waals surface area contributed by atoms with Gasteiger partial charge in [-0.25, -0.2) is 8.78 Å². The van der Waals surface area contributed by atoms with E-state index in [1.165, 1.54) is 0 Å². The Morgan fingerprint density at radius 1 is 1.05 bits per heavy atom. The summed E-state index contributed by atoms with van der Waals surface area (Å²) in [6.07, 6.45) is 0. The third-order valence-corrected chi connectivity index (χ3v) is 4.06. The molecule has 0 amide bonds. The van der Waals surface area contributed by atoms with Crippen LogP contribution in [0.1, 0.15) is 11.1 Å². The van der Waals surface area contributed by atoms with Gasteiger partial charge in [-0.1, -0.05) is 0 Å². The predicted octanol–water partition coefficient (Wildman–Crippen LogP) is 5.69. The Kier molecular flexibility index (Phi) is 4.45. The van der Waals surface area contributed by atoms with Crippen LogP contribution >= 0.6 is 38.5 Å². The van der Waals surface area contributed by atoms with E-state index in [-0.39, 0.29) is 10.2 Å². The van der Waals surface area contributed by atoms with Crippen molar-refractivity contribution in [1.29, 1.82) is 0 Å². The maximum Gasteiger partial charge on any atom is 0.183 e. The van der Waals surface area contributed by atoms with E-state index in [4.69, 9.17) is 0 Å². The molecule has 19 heavy (non-hydrogen) atoms. The quantitative estimate of drug-likeness (QED) is 0.470. The maximum absolute atomic E-state index is 14.0. The summed E-state index contributed by atoms with van der Waals surface area (Å²) in [5.41, 5.74) is 2.56. The summed E-state index contributed by atoms with van der Waals surface area (Å²) in [6, 6.07) is 7.31. The summed E-state index contributed by atoms with van der Waals surface area (Å²) >= 11 is 5.20. The van der Waals surface area contributed by atoms with Crippen molar-refractivity contribution in [2.24, 2.45) is 0 Å². The van der Waals surface area contributed by atoms with Gasteiger partial charge in [0.2, 0.25) is 0 Å². The molecule has 0 aliphatic rings. The van der Waals surface area contributed by atoms with Gasteiger partial charge < -0.3 is 5.32 Å². The molecule has 0 fully saturated rings. The third kappa shape index (κ3) is 3.08. The van der Waals surface area contributed by atoms with Crippen LogP contribution in [0.5, 0.6) is 0 Å². The largest absolute Gasteiger partial charge is 0.353 e. The highest BCUT2D eigenvalue weighted by Crippen LogP contribution is 2.31. The Morgan fingerprint density at radius 3 is 2.37 bits per heavy atom. The molecular weight excluding hydrogens is 427 g/mol. The summed E-state index contributed by atoms with van der Waals surface area (Å²) in [5, 5.41) is 2.96. The van der Waals surface area contributed by atoms with Gasteiger partial charge in [-0.3, -0.25) is 0 Å². The zero-order valence-electron chi connectivity index (χ0n) is 10.3. The molecule has 0 aliphatic carbocycles. The van der Waals surface area contributed by atoms with Crippen LogP contribution in [0.4, 0.5) is 20.2 Å². The van der Waals surface area contributed by atoms with E-state index in [0.717, 1.165) is 14.8 Å². The average molecular weight is 438 g/mol. The lowest BCUT2D eigenvalue weighted by Crippen LogP contribution is -2.01. The molecule has 0 aliphatic heterocycles. The van der Waals surface area contributed by atoms with E-state index in [0.29, 0.717) is 5.56 Å². The van der Waals surface area contributed by atoms with Crippen molar-refractivity contribution in [3.05, 3.63) is 55.1 Å². The number of hydrogen-bond donors (Lipinski definition) is 1. The highest BCUT2D eigenvalue weighted by atomic mass is 127. The van der Waals surface area contributed by atoms with Crippen LogP contribution in [-0.2, 0) is 0 Å². The van der Waals surface area contributed by atoms with Crippen molar-refractivity contribution in [2.75, 3.05) is 5.32 Å². The molecular formula is C14H11BrF2IN. The van der Waals surface area contributed by atoms with Crippen LogP contribution in [0, 0.1) is 29.1 Å². The van der Waals surface area contributed by atoms with E-state index in [1.807, 2.05) is 25.1 Å². The molecule has 1 N–H and O–H groups in total. The van der Waals surface area contributed by atoms with Gasteiger partial charge in [0.15, 0.2) is 11.6 Å². The zero-order valence-corrected chi connectivity index (χ0v) is 14.1. The zero-order chi connectivity index (χ0) is 14.2. The number of aryl methyl sites for hydroxylation is 2. The highest BCUT2D eigenvalue weighted by molar-refractivity contribution is 14.1. The van der Waals surface area contributed by atoms with Crippen LogP contribution in [0.15, 0.2) is 28.7 Å². The van der Waals surface area contributed by atoms with Gasteiger partial charge in [0.25, 0.3) is 0 Å². The SMILES string of the molecule is Cc1cc(I)ccc1Nc1c(C)cc(Br)c(F)c1F. The topological polar surface area (TPSA) is 12.0 Å². The van der Waals surface area contributed by atoms with Crippen molar-refractivity contribution < 1.29 is 8.78 Å². The van der Waals surface area contributed by atoms with Gasteiger partial charge in [0.1, 0.15) is 0 Å². The van der Waals surface area contributed by atoms with E-state index < -0.39 is 11.6 Å². The number of hydrogen-bond acceptors (Lipinski definition) is 1. The molecule has 5 heteroatoms. The lowest BCUT2D eigenvalue weighted by molar-refractivity contribution is 0.506. The normalized spacial score (nSPS) is 10.6. The first-order valence-electron chi connectivity index (χ1n) is 5.57. The predicted molar refractivity (Wildman–Crippen MR) is 86.0 cm³/mol. The fourth-order valence-corrected chi connectivity index (χ4v) is 2.93. The van der Waals surface area contributed by atoms with Crippen molar-refractivity contribution in [3.8, 4) is 0 Å². The van der Waals surface area contributed by atoms with Gasteiger partial charge in [-0.2, -0.15) is 0 Å². The molecule has 0 aromatic heterocycles.